The number of sulfonamides is 2. The van der Waals surface area contributed by atoms with Gasteiger partial charge in [-0.05, 0) is 55.0 Å². The number of nitrogens with one attached hydrogen (secondary N) is 2. The minimum atomic E-state index is -4.88. The topological polar surface area (TPSA) is 102 Å². The van der Waals surface area contributed by atoms with Crippen LogP contribution < -0.4 is 14.2 Å². The van der Waals surface area contributed by atoms with Crippen LogP contribution in [0.3, 0.4) is 0 Å². The van der Waals surface area contributed by atoms with Crippen molar-refractivity contribution in [1.82, 2.24) is 4.72 Å². The molecule has 0 bridgehead atoms. The van der Waals surface area contributed by atoms with Crippen molar-refractivity contribution in [2.75, 3.05) is 11.3 Å². The summed E-state index contributed by atoms with van der Waals surface area (Å²) >= 11 is 0. The minimum absolute atomic E-state index is 0.0143. The van der Waals surface area contributed by atoms with Gasteiger partial charge < -0.3 is 4.74 Å². The molecule has 0 saturated heterocycles. The molecule has 172 valence electrons. The zero-order valence-electron chi connectivity index (χ0n) is 16.6. The lowest BCUT2D eigenvalue weighted by Crippen LogP contribution is -2.24. The number of hydrogen-bond acceptors (Lipinski definition) is 5. The third kappa shape index (κ3) is 8.04. The van der Waals surface area contributed by atoms with Crippen LogP contribution >= 0.6 is 0 Å². The molecule has 7 nitrogen and oxygen atoms in total. The molecule has 0 unspecified atom stereocenters. The highest BCUT2D eigenvalue weighted by atomic mass is 32.2. The fourth-order valence-corrected chi connectivity index (χ4v) is 4.71. The average Bonchev–Trinajstić information content (AvgIpc) is 2.67. The lowest BCUT2D eigenvalue weighted by molar-refractivity contribution is -0.274. The van der Waals surface area contributed by atoms with Crippen molar-refractivity contribution in [2.24, 2.45) is 0 Å². The Hall–Kier alpha value is -2.31. The van der Waals surface area contributed by atoms with Gasteiger partial charge in [-0.25, -0.2) is 21.6 Å². The Bertz CT molecular complexity index is 1050. The normalized spacial score (nSPS) is 12.5. The predicted octanol–water partition coefficient (Wildman–Crippen LogP) is 4.24. The lowest BCUT2D eigenvalue weighted by Gasteiger charge is -2.11. The molecule has 0 aliphatic carbocycles. The number of halogens is 3. The van der Waals surface area contributed by atoms with Crippen molar-refractivity contribution in [1.29, 1.82) is 0 Å². The second-order valence-electron chi connectivity index (χ2n) is 6.61. The Morgan fingerprint density at radius 2 is 1.35 bits per heavy atom. The van der Waals surface area contributed by atoms with Gasteiger partial charge in [0, 0.05) is 12.2 Å². The summed E-state index contributed by atoms with van der Waals surface area (Å²) in [5.41, 5.74) is 0.0949. The number of alkyl halides is 3. The van der Waals surface area contributed by atoms with Crippen LogP contribution in [0, 0.1) is 0 Å². The van der Waals surface area contributed by atoms with E-state index in [1.165, 1.54) is 24.3 Å². The van der Waals surface area contributed by atoms with E-state index in [1.54, 1.807) is 0 Å². The molecule has 2 aromatic rings. The Labute approximate surface area is 179 Å². The monoisotopic (exact) mass is 480 g/mol. The van der Waals surface area contributed by atoms with Gasteiger partial charge in [-0.3, -0.25) is 4.72 Å². The lowest BCUT2D eigenvalue weighted by atomic mass is 10.2. The smallest absolute Gasteiger partial charge is 0.406 e. The van der Waals surface area contributed by atoms with Gasteiger partial charge in [0.2, 0.25) is 10.0 Å². The van der Waals surface area contributed by atoms with Gasteiger partial charge in [0.15, 0.2) is 0 Å². The third-order valence-electron chi connectivity index (χ3n) is 4.11. The van der Waals surface area contributed by atoms with Gasteiger partial charge in [0.1, 0.15) is 5.75 Å². The number of ether oxygens (including phenoxy) is 1. The molecule has 0 radical (unpaired) electrons. The molecule has 0 amide bonds. The fourth-order valence-electron chi connectivity index (χ4n) is 2.58. The van der Waals surface area contributed by atoms with E-state index < -0.39 is 32.2 Å². The molecule has 31 heavy (non-hydrogen) atoms. The second kappa shape index (κ2) is 10.3. The molecule has 0 saturated carbocycles. The van der Waals surface area contributed by atoms with Crippen LogP contribution in [0.25, 0.3) is 0 Å². The number of anilines is 1. The molecule has 2 rings (SSSR count). The number of hydrogen-bond donors (Lipinski definition) is 2. The van der Waals surface area contributed by atoms with E-state index in [1.807, 2.05) is 0 Å². The summed E-state index contributed by atoms with van der Waals surface area (Å²) in [7, 11) is -7.81. The van der Waals surface area contributed by atoms with Crippen molar-refractivity contribution in [2.45, 2.75) is 48.8 Å². The molecular weight excluding hydrogens is 457 g/mol. The van der Waals surface area contributed by atoms with E-state index in [9.17, 15) is 30.0 Å². The first-order valence-electron chi connectivity index (χ1n) is 9.41. The SMILES string of the molecule is CCCCCCNS(=O)(=O)c1ccc(NS(=O)(=O)c2ccc(OC(F)(F)F)cc2)cc1. The summed E-state index contributed by atoms with van der Waals surface area (Å²) in [6.07, 6.45) is -1.18. The number of benzene rings is 2. The molecule has 0 aliphatic heterocycles. The first-order chi connectivity index (χ1) is 14.4. The Morgan fingerprint density at radius 1 is 0.806 bits per heavy atom. The van der Waals surface area contributed by atoms with E-state index in [0.29, 0.717) is 6.54 Å². The van der Waals surface area contributed by atoms with E-state index in [2.05, 4.69) is 21.1 Å². The maximum absolute atomic E-state index is 12.4. The van der Waals surface area contributed by atoms with Gasteiger partial charge in [-0.1, -0.05) is 26.2 Å². The summed E-state index contributed by atoms with van der Waals surface area (Å²) < 4.78 is 94.4. The van der Waals surface area contributed by atoms with Gasteiger partial charge in [-0.15, -0.1) is 13.2 Å². The summed E-state index contributed by atoms with van der Waals surface area (Å²) in [4.78, 5) is -0.299. The first-order valence-corrected chi connectivity index (χ1v) is 12.4. The summed E-state index contributed by atoms with van der Waals surface area (Å²) in [6.45, 7) is 2.36. The molecule has 0 aliphatic rings. The molecule has 0 aromatic heterocycles. The standard InChI is InChI=1S/C19H23F3N2O5S2/c1-2-3-4-5-14-23-30(25,26)17-10-6-15(7-11-17)24-31(27,28)18-12-8-16(9-13-18)29-19(20,21)22/h6-13,23-24H,2-5,14H2,1H3. The van der Waals surface area contributed by atoms with Crippen molar-refractivity contribution in [3.63, 3.8) is 0 Å². The highest BCUT2D eigenvalue weighted by Crippen LogP contribution is 2.25. The first kappa shape index (κ1) is 25.0. The molecule has 2 N–H and O–H groups in total. The van der Waals surface area contributed by atoms with Crippen LogP contribution in [0.5, 0.6) is 5.75 Å². The average molecular weight is 481 g/mol. The van der Waals surface area contributed by atoms with Gasteiger partial charge in [0.25, 0.3) is 10.0 Å². The van der Waals surface area contributed by atoms with Gasteiger partial charge >= 0.3 is 6.36 Å². The Morgan fingerprint density at radius 3 is 1.90 bits per heavy atom. The van der Waals surface area contributed by atoms with Crippen molar-refractivity contribution < 1.29 is 34.7 Å². The van der Waals surface area contributed by atoms with Crippen molar-refractivity contribution >= 4 is 25.7 Å². The van der Waals surface area contributed by atoms with Crippen LogP contribution in [-0.2, 0) is 20.0 Å². The molecule has 12 heteroatoms. The highest BCUT2D eigenvalue weighted by Gasteiger charge is 2.31. The van der Waals surface area contributed by atoms with Crippen LogP contribution in [0.15, 0.2) is 58.3 Å². The summed E-state index contributed by atoms with van der Waals surface area (Å²) in [5, 5.41) is 0. The maximum Gasteiger partial charge on any atom is 0.573 e. The number of unbranched alkanes of at least 4 members (excludes halogenated alkanes) is 3. The van der Waals surface area contributed by atoms with E-state index in [0.717, 1.165) is 49.9 Å². The zero-order chi connectivity index (χ0) is 23.1. The fraction of sp³-hybridized carbons (Fsp3) is 0.368. The highest BCUT2D eigenvalue weighted by molar-refractivity contribution is 7.92. The zero-order valence-corrected chi connectivity index (χ0v) is 18.3. The molecular formula is C19H23F3N2O5S2. The van der Waals surface area contributed by atoms with Gasteiger partial charge in [0.05, 0.1) is 9.79 Å². The van der Waals surface area contributed by atoms with Gasteiger partial charge in [-0.2, -0.15) is 0 Å². The van der Waals surface area contributed by atoms with Crippen molar-refractivity contribution in [3.05, 3.63) is 48.5 Å². The second-order valence-corrected chi connectivity index (χ2v) is 10.1. The Balaban J connectivity index is 2.03. The minimum Gasteiger partial charge on any atom is -0.406 e. The predicted molar refractivity (Wildman–Crippen MR) is 110 cm³/mol. The van der Waals surface area contributed by atoms with E-state index in [-0.39, 0.29) is 15.5 Å². The van der Waals surface area contributed by atoms with E-state index in [4.69, 9.17) is 0 Å². The van der Waals surface area contributed by atoms with Crippen molar-refractivity contribution in [3.8, 4) is 5.75 Å². The molecule has 0 fully saturated rings. The van der Waals surface area contributed by atoms with Crippen LogP contribution in [0.4, 0.5) is 18.9 Å². The maximum atomic E-state index is 12.4. The molecule has 0 spiro atoms. The third-order valence-corrected chi connectivity index (χ3v) is 6.98. The summed E-state index contributed by atoms with van der Waals surface area (Å²) in [5.74, 6) is -0.553. The molecule has 2 aromatic carbocycles. The Kier molecular flexibility index (Phi) is 8.32. The summed E-state index contributed by atoms with van der Waals surface area (Å²) in [6, 6.07) is 8.76. The van der Waals surface area contributed by atoms with E-state index >= 15 is 0 Å². The largest absolute Gasteiger partial charge is 0.573 e. The number of rotatable bonds is 11. The quantitative estimate of drug-likeness (QED) is 0.469. The molecule has 0 heterocycles. The van der Waals surface area contributed by atoms with Crippen LogP contribution in [-0.4, -0.2) is 29.7 Å². The van der Waals surface area contributed by atoms with Crippen LogP contribution in [0.1, 0.15) is 32.6 Å². The molecule has 0 atom stereocenters. The van der Waals surface area contributed by atoms with Crippen LogP contribution in [0.2, 0.25) is 0 Å².